The highest BCUT2D eigenvalue weighted by molar-refractivity contribution is 6.34. The second-order valence-electron chi connectivity index (χ2n) is 9.79. The number of allylic oxidation sites excluding steroid dienone is 2. The third kappa shape index (κ3) is 7.02. The molecular formula is C30H33ClN4O2. The Balaban J connectivity index is 1.49. The lowest BCUT2D eigenvalue weighted by molar-refractivity contribution is -0.130. The molecule has 6 nitrogen and oxygen atoms in total. The molecule has 7 heteroatoms. The van der Waals surface area contributed by atoms with Gasteiger partial charge in [-0.05, 0) is 68.9 Å². The number of nitrogens with zero attached hydrogens (tertiary/aromatic N) is 3. The number of anilines is 1. The highest BCUT2D eigenvalue weighted by Gasteiger charge is 2.28. The molecular weight excluding hydrogens is 484 g/mol. The number of hydrogen-bond donors (Lipinski definition) is 1. The molecule has 3 heterocycles. The second kappa shape index (κ2) is 12.1. The van der Waals surface area contributed by atoms with E-state index in [2.05, 4.69) is 27.0 Å². The molecule has 37 heavy (non-hydrogen) atoms. The monoisotopic (exact) mass is 516 g/mol. The maximum absolute atomic E-state index is 13.5. The van der Waals surface area contributed by atoms with Gasteiger partial charge in [-0.25, -0.2) is 4.98 Å². The molecule has 1 aromatic heterocycles. The zero-order chi connectivity index (χ0) is 26.4. The first-order valence-electron chi connectivity index (χ1n) is 12.7. The van der Waals surface area contributed by atoms with Crippen molar-refractivity contribution in [2.24, 2.45) is 5.92 Å². The molecule has 4 rings (SSSR count). The molecule has 2 amide bonds. The van der Waals surface area contributed by atoms with E-state index in [1.54, 1.807) is 13.1 Å². The van der Waals surface area contributed by atoms with Crippen LogP contribution in [0.2, 0.25) is 0 Å². The molecule has 192 valence electrons. The zero-order valence-electron chi connectivity index (χ0n) is 21.7. The van der Waals surface area contributed by atoms with Crippen LogP contribution in [0.15, 0.2) is 65.0 Å². The first-order chi connectivity index (χ1) is 17.8. The molecule has 2 aromatic rings. The summed E-state index contributed by atoms with van der Waals surface area (Å²) < 4.78 is 0. The van der Waals surface area contributed by atoms with Crippen molar-refractivity contribution in [3.63, 3.8) is 0 Å². The SMILES string of the molecule is CC(=O)N1CCC(CN2CCC(C)=CC(Cl)=C2C(=O)Nc2ncc(C#Cc3ccccc3)cc2C)CC1. The van der Waals surface area contributed by atoms with E-state index in [1.807, 2.05) is 61.2 Å². The number of piperidine rings is 1. The van der Waals surface area contributed by atoms with Gasteiger partial charge in [-0.2, -0.15) is 0 Å². The molecule has 0 bridgehead atoms. The topological polar surface area (TPSA) is 65.5 Å². The number of aryl methyl sites for hydroxylation is 1. The zero-order valence-corrected chi connectivity index (χ0v) is 22.4. The summed E-state index contributed by atoms with van der Waals surface area (Å²) in [5, 5.41) is 3.42. The highest BCUT2D eigenvalue weighted by Crippen LogP contribution is 2.28. The number of hydrogen-bond acceptors (Lipinski definition) is 4. The van der Waals surface area contributed by atoms with Crippen molar-refractivity contribution in [3.05, 3.63) is 81.7 Å². The third-order valence-electron chi connectivity index (χ3n) is 6.88. The van der Waals surface area contributed by atoms with Gasteiger partial charge in [-0.3, -0.25) is 9.59 Å². The van der Waals surface area contributed by atoms with Crippen LogP contribution < -0.4 is 5.32 Å². The first kappa shape index (κ1) is 26.5. The van der Waals surface area contributed by atoms with Gasteiger partial charge >= 0.3 is 0 Å². The van der Waals surface area contributed by atoms with Crippen LogP contribution >= 0.6 is 11.6 Å². The molecule has 0 atom stereocenters. The smallest absolute Gasteiger partial charge is 0.274 e. The molecule has 1 fully saturated rings. The Bertz CT molecular complexity index is 1280. The number of likely N-dealkylation sites (tertiary alicyclic amines) is 1. The van der Waals surface area contributed by atoms with Crippen LogP contribution in [-0.2, 0) is 9.59 Å². The van der Waals surface area contributed by atoms with E-state index in [-0.39, 0.29) is 11.8 Å². The molecule has 0 spiro atoms. The van der Waals surface area contributed by atoms with Gasteiger partial charge in [0.15, 0.2) is 0 Å². The average molecular weight is 517 g/mol. The number of pyridine rings is 1. The van der Waals surface area contributed by atoms with Gasteiger partial charge in [0, 0.05) is 50.4 Å². The predicted molar refractivity (Wildman–Crippen MR) is 148 cm³/mol. The fourth-order valence-corrected chi connectivity index (χ4v) is 5.11. The Kier molecular flexibility index (Phi) is 8.68. The van der Waals surface area contributed by atoms with E-state index in [1.165, 1.54) is 0 Å². The lowest BCUT2D eigenvalue weighted by atomic mass is 9.95. The highest BCUT2D eigenvalue weighted by atomic mass is 35.5. The predicted octanol–water partition coefficient (Wildman–Crippen LogP) is 5.09. The number of carbonyl (C=O) groups excluding carboxylic acids is 2. The summed E-state index contributed by atoms with van der Waals surface area (Å²) >= 11 is 6.69. The van der Waals surface area contributed by atoms with Crippen molar-refractivity contribution in [1.82, 2.24) is 14.8 Å². The summed E-state index contributed by atoms with van der Waals surface area (Å²) in [7, 11) is 0. The van der Waals surface area contributed by atoms with Gasteiger partial charge in [0.2, 0.25) is 5.91 Å². The molecule has 0 saturated carbocycles. The van der Waals surface area contributed by atoms with E-state index in [0.29, 0.717) is 29.0 Å². The molecule has 0 unspecified atom stereocenters. The number of halogens is 1. The Morgan fingerprint density at radius 1 is 1.08 bits per heavy atom. The lowest BCUT2D eigenvalue weighted by Crippen LogP contribution is -2.42. The van der Waals surface area contributed by atoms with Gasteiger partial charge in [0.05, 0.1) is 5.03 Å². The summed E-state index contributed by atoms with van der Waals surface area (Å²) in [6.07, 6.45) is 6.23. The van der Waals surface area contributed by atoms with Crippen molar-refractivity contribution >= 4 is 29.2 Å². The van der Waals surface area contributed by atoms with Crippen LogP contribution in [0.3, 0.4) is 0 Å². The van der Waals surface area contributed by atoms with Gasteiger partial charge in [0.25, 0.3) is 5.91 Å². The maximum atomic E-state index is 13.5. The van der Waals surface area contributed by atoms with Crippen molar-refractivity contribution in [3.8, 4) is 11.8 Å². The van der Waals surface area contributed by atoms with Gasteiger partial charge in [0.1, 0.15) is 11.5 Å². The Morgan fingerprint density at radius 2 is 1.78 bits per heavy atom. The van der Waals surface area contributed by atoms with Crippen molar-refractivity contribution < 1.29 is 9.59 Å². The summed E-state index contributed by atoms with van der Waals surface area (Å²) in [4.78, 5) is 33.7. The van der Waals surface area contributed by atoms with Crippen molar-refractivity contribution in [2.75, 3.05) is 31.5 Å². The Labute approximate surface area is 224 Å². The van der Waals surface area contributed by atoms with E-state index in [4.69, 9.17) is 11.6 Å². The number of amides is 2. The second-order valence-corrected chi connectivity index (χ2v) is 10.2. The van der Waals surface area contributed by atoms with Crippen molar-refractivity contribution in [2.45, 2.75) is 40.0 Å². The third-order valence-corrected chi connectivity index (χ3v) is 7.17. The summed E-state index contributed by atoms with van der Waals surface area (Å²) in [5.74, 6) is 7.00. The number of aromatic nitrogens is 1. The quantitative estimate of drug-likeness (QED) is 0.575. The molecule has 2 aliphatic heterocycles. The molecule has 0 aliphatic carbocycles. The molecule has 1 N–H and O–H groups in total. The van der Waals surface area contributed by atoms with Crippen molar-refractivity contribution in [1.29, 1.82) is 0 Å². The lowest BCUT2D eigenvalue weighted by Gasteiger charge is -2.35. The summed E-state index contributed by atoms with van der Waals surface area (Å²) in [6, 6.07) is 11.7. The van der Waals surface area contributed by atoms with E-state index >= 15 is 0 Å². The number of nitrogens with one attached hydrogen (secondary N) is 1. The van der Waals surface area contributed by atoms with Gasteiger partial charge in [-0.1, -0.05) is 47.2 Å². The van der Waals surface area contributed by atoms with E-state index in [0.717, 1.165) is 61.2 Å². The van der Waals surface area contributed by atoms with Crippen LogP contribution in [0.4, 0.5) is 5.82 Å². The molecule has 1 aromatic carbocycles. The van der Waals surface area contributed by atoms with Crippen LogP contribution in [0.25, 0.3) is 0 Å². The molecule has 1 saturated heterocycles. The Morgan fingerprint density at radius 3 is 2.46 bits per heavy atom. The van der Waals surface area contributed by atoms with E-state index in [9.17, 15) is 9.59 Å². The van der Waals surface area contributed by atoms with Crippen LogP contribution in [0.1, 0.15) is 49.8 Å². The van der Waals surface area contributed by atoms with Gasteiger partial charge in [-0.15, -0.1) is 0 Å². The van der Waals surface area contributed by atoms with Gasteiger partial charge < -0.3 is 15.1 Å². The normalized spacial score (nSPS) is 16.5. The first-order valence-corrected chi connectivity index (χ1v) is 13.1. The largest absolute Gasteiger partial charge is 0.365 e. The minimum atomic E-state index is -0.268. The maximum Gasteiger partial charge on any atom is 0.274 e. The van der Waals surface area contributed by atoms with E-state index < -0.39 is 0 Å². The minimum Gasteiger partial charge on any atom is -0.365 e. The summed E-state index contributed by atoms with van der Waals surface area (Å²) in [5.41, 5.74) is 4.15. The van der Waals surface area contributed by atoms with Crippen LogP contribution in [0, 0.1) is 24.7 Å². The standard InChI is InChI=1S/C30H33ClN4O2/c1-21-11-14-35(20-25-12-15-34(16-13-25)23(3)36)28(27(31)17-21)30(37)33-29-22(2)18-26(19-32-29)10-9-24-7-5-4-6-8-24/h4-8,17-19,25H,11-16,20H2,1-3H3,(H,32,33,37). The average Bonchev–Trinajstić information content (AvgIpc) is 3.02. The number of carbonyl (C=O) groups is 2. The molecule has 2 aliphatic rings. The number of benzene rings is 1. The van der Waals surface area contributed by atoms with Crippen LogP contribution in [-0.4, -0.2) is 52.8 Å². The summed E-state index contributed by atoms with van der Waals surface area (Å²) in [6.45, 7) is 8.52. The molecule has 0 radical (unpaired) electrons. The Hall–Kier alpha value is -3.56. The minimum absolute atomic E-state index is 0.121. The fourth-order valence-electron chi connectivity index (χ4n) is 4.71. The fraction of sp³-hybridized carbons (Fsp3) is 0.367. The van der Waals surface area contributed by atoms with Crippen LogP contribution in [0.5, 0.6) is 0 Å². The number of rotatable bonds is 4.